The Balaban J connectivity index is 1.48. The van der Waals surface area contributed by atoms with E-state index in [4.69, 9.17) is 9.47 Å². The molecule has 140 valence electrons. The van der Waals surface area contributed by atoms with Gasteiger partial charge in [0.25, 0.3) is 0 Å². The number of ether oxygens (including phenoxy) is 2. The summed E-state index contributed by atoms with van der Waals surface area (Å²) in [5.74, 6) is 0.0259. The van der Waals surface area contributed by atoms with Crippen molar-refractivity contribution in [3.05, 3.63) is 24.0 Å². The Bertz CT molecular complexity index is 576. The lowest BCUT2D eigenvalue weighted by Gasteiger charge is -2.46. The van der Waals surface area contributed by atoms with Crippen molar-refractivity contribution < 1.29 is 14.3 Å². The third-order valence-corrected chi connectivity index (χ3v) is 5.59. The van der Waals surface area contributed by atoms with Crippen molar-refractivity contribution in [1.82, 2.24) is 14.4 Å². The first-order valence-corrected chi connectivity index (χ1v) is 9.26. The molecule has 1 amide bonds. The SMILES string of the molecule is CN(C)C(=O)COC1CCOC2(CCN(Cc3cccn3C)CC2)C1. The summed E-state index contributed by atoms with van der Waals surface area (Å²) in [6.07, 6.45) is 6.11. The van der Waals surface area contributed by atoms with Gasteiger partial charge in [0.1, 0.15) is 6.61 Å². The van der Waals surface area contributed by atoms with Crippen molar-refractivity contribution in [2.24, 2.45) is 7.05 Å². The molecule has 6 heteroatoms. The maximum atomic E-state index is 11.7. The number of carbonyl (C=O) groups excluding carboxylic acids is 1. The molecule has 6 nitrogen and oxygen atoms in total. The summed E-state index contributed by atoms with van der Waals surface area (Å²) in [6, 6.07) is 4.29. The largest absolute Gasteiger partial charge is 0.375 e. The molecule has 0 aliphatic carbocycles. The Morgan fingerprint density at radius 1 is 1.40 bits per heavy atom. The summed E-state index contributed by atoms with van der Waals surface area (Å²) < 4.78 is 14.3. The van der Waals surface area contributed by atoms with Gasteiger partial charge in [0, 0.05) is 65.7 Å². The molecule has 2 fully saturated rings. The molecule has 3 heterocycles. The Hall–Kier alpha value is -1.37. The Kier molecular flexibility index (Phi) is 5.81. The number of amides is 1. The number of hydrogen-bond donors (Lipinski definition) is 0. The number of aromatic nitrogens is 1. The van der Waals surface area contributed by atoms with E-state index in [9.17, 15) is 4.79 Å². The van der Waals surface area contributed by atoms with Crippen LogP contribution < -0.4 is 0 Å². The van der Waals surface area contributed by atoms with Crippen LogP contribution in [0.15, 0.2) is 18.3 Å². The van der Waals surface area contributed by atoms with Gasteiger partial charge in [-0.15, -0.1) is 0 Å². The molecule has 1 atom stereocenters. The fraction of sp³-hybridized carbons (Fsp3) is 0.737. The predicted octanol–water partition coefficient (Wildman–Crippen LogP) is 1.64. The molecule has 1 unspecified atom stereocenters. The predicted molar refractivity (Wildman–Crippen MR) is 96.3 cm³/mol. The molecule has 0 bridgehead atoms. The van der Waals surface area contributed by atoms with Crippen LogP contribution in [-0.4, -0.2) is 72.4 Å². The lowest BCUT2D eigenvalue weighted by Crippen LogP contribution is -2.51. The van der Waals surface area contributed by atoms with Crippen molar-refractivity contribution in [2.45, 2.75) is 43.9 Å². The highest BCUT2D eigenvalue weighted by molar-refractivity contribution is 5.76. The highest BCUT2D eigenvalue weighted by Gasteiger charge is 2.40. The number of carbonyl (C=O) groups is 1. The van der Waals surface area contributed by atoms with Gasteiger partial charge < -0.3 is 18.9 Å². The maximum Gasteiger partial charge on any atom is 0.248 e. The van der Waals surface area contributed by atoms with Crippen LogP contribution in [0.3, 0.4) is 0 Å². The summed E-state index contributed by atoms with van der Waals surface area (Å²) in [5, 5.41) is 0. The molecule has 2 aliphatic heterocycles. The van der Waals surface area contributed by atoms with Gasteiger partial charge in [-0.1, -0.05) is 0 Å². The molecule has 3 rings (SSSR count). The van der Waals surface area contributed by atoms with E-state index < -0.39 is 0 Å². The molecular formula is C19H31N3O3. The van der Waals surface area contributed by atoms with Gasteiger partial charge in [-0.25, -0.2) is 0 Å². The van der Waals surface area contributed by atoms with Crippen LogP contribution in [0, 0.1) is 0 Å². The van der Waals surface area contributed by atoms with Crippen LogP contribution in [0.1, 0.15) is 31.4 Å². The van der Waals surface area contributed by atoms with E-state index in [1.54, 1.807) is 19.0 Å². The average Bonchev–Trinajstić information content (AvgIpc) is 3.00. The summed E-state index contributed by atoms with van der Waals surface area (Å²) in [4.78, 5) is 15.8. The van der Waals surface area contributed by atoms with Gasteiger partial charge in [0.15, 0.2) is 0 Å². The Labute approximate surface area is 150 Å². The molecule has 2 saturated heterocycles. The van der Waals surface area contributed by atoms with Crippen LogP contribution in [0.25, 0.3) is 0 Å². The number of likely N-dealkylation sites (N-methyl/N-ethyl adjacent to an activating group) is 1. The fourth-order valence-electron chi connectivity index (χ4n) is 3.80. The highest BCUT2D eigenvalue weighted by atomic mass is 16.5. The second kappa shape index (κ2) is 7.89. The van der Waals surface area contributed by atoms with Crippen molar-refractivity contribution in [3.63, 3.8) is 0 Å². The molecule has 1 aromatic rings. The lowest BCUT2D eigenvalue weighted by atomic mass is 9.83. The standard InChI is InChI=1S/C19H31N3O3/c1-20(2)18(23)15-24-17-6-12-25-19(13-17)7-10-22(11-8-19)14-16-5-4-9-21(16)3/h4-5,9,17H,6-8,10-15H2,1-3H3. The fourth-order valence-corrected chi connectivity index (χ4v) is 3.80. The van der Waals surface area contributed by atoms with Gasteiger partial charge in [0.05, 0.1) is 11.7 Å². The number of nitrogens with zero attached hydrogens (tertiary/aromatic N) is 3. The van der Waals surface area contributed by atoms with E-state index in [0.717, 1.165) is 51.9 Å². The highest BCUT2D eigenvalue weighted by Crippen LogP contribution is 2.36. The first kappa shape index (κ1) is 18.4. The first-order valence-electron chi connectivity index (χ1n) is 9.26. The number of likely N-dealkylation sites (tertiary alicyclic amines) is 1. The van der Waals surface area contributed by atoms with Crippen LogP contribution in [0.2, 0.25) is 0 Å². The minimum atomic E-state index is -0.0607. The van der Waals surface area contributed by atoms with Crippen molar-refractivity contribution >= 4 is 5.91 Å². The van der Waals surface area contributed by atoms with E-state index in [1.807, 2.05) is 0 Å². The normalized spacial score (nSPS) is 23.7. The number of piperidine rings is 1. The third-order valence-electron chi connectivity index (χ3n) is 5.59. The van der Waals surface area contributed by atoms with Gasteiger partial charge in [-0.3, -0.25) is 9.69 Å². The average molecular weight is 349 g/mol. The topological polar surface area (TPSA) is 46.9 Å². The molecule has 1 aromatic heterocycles. The quantitative estimate of drug-likeness (QED) is 0.811. The van der Waals surface area contributed by atoms with Gasteiger partial charge in [-0.05, 0) is 31.4 Å². The second-order valence-electron chi connectivity index (χ2n) is 7.63. The number of hydrogen-bond acceptors (Lipinski definition) is 4. The minimum absolute atomic E-state index is 0.0259. The Morgan fingerprint density at radius 2 is 2.16 bits per heavy atom. The first-order chi connectivity index (χ1) is 12.0. The molecule has 0 aromatic carbocycles. The van der Waals surface area contributed by atoms with Crippen molar-refractivity contribution in [1.29, 1.82) is 0 Å². The smallest absolute Gasteiger partial charge is 0.248 e. The molecular weight excluding hydrogens is 318 g/mol. The molecule has 0 N–H and O–H groups in total. The van der Waals surface area contributed by atoms with Crippen LogP contribution in [0.5, 0.6) is 0 Å². The summed E-state index contributed by atoms with van der Waals surface area (Å²) in [5.41, 5.74) is 1.29. The molecule has 2 aliphatic rings. The third kappa shape index (κ3) is 4.63. The van der Waals surface area contributed by atoms with Crippen LogP contribution in [0.4, 0.5) is 0 Å². The van der Waals surface area contributed by atoms with Crippen molar-refractivity contribution in [2.75, 3.05) is 40.4 Å². The van der Waals surface area contributed by atoms with Gasteiger partial charge in [-0.2, -0.15) is 0 Å². The lowest BCUT2D eigenvalue weighted by molar-refractivity contribution is -0.162. The molecule has 0 radical (unpaired) electrons. The van der Waals surface area contributed by atoms with E-state index >= 15 is 0 Å². The zero-order chi connectivity index (χ0) is 17.9. The zero-order valence-corrected chi connectivity index (χ0v) is 15.7. The van der Waals surface area contributed by atoms with Gasteiger partial charge in [0.2, 0.25) is 5.91 Å². The van der Waals surface area contributed by atoms with E-state index in [1.165, 1.54) is 5.69 Å². The summed E-state index contributed by atoms with van der Waals surface area (Å²) >= 11 is 0. The molecule has 25 heavy (non-hydrogen) atoms. The van der Waals surface area contributed by atoms with Crippen LogP contribution >= 0.6 is 0 Å². The maximum absolute atomic E-state index is 11.7. The number of aryl methyl sites for hydroxylation is 1. The molecule has 0 saturated carbocycles. The van der Waals surface area contributed by atoms with Crippen molar-refractivity contribution in [3.8, 4) is 0 Å². The minimum Gasteiger partial charge on any atom is -0.375 e. The second-order valence-corrected chi connectivity index (χ2v) is 7.63. The monoisotopic (exact) mass is 349 g/mol. The summed E-state index contributed by atoms with van der Waals surface area (Å²) in [6.45, 7) is 4.01. The molecule has 1 spiro atoms. The Morgan fingerprint density at radius 3 is 2.80 bits per heavy atom. The van der Waals surface area contributed by atoms with Gasteiger partial charge >= 0.3 is 0 Å². The number of rotatable bonds is 5. The van der Waals surface area contributed by atoms with E-state index in [0.29, 0.717) is 0 Å². The van der Waals surface area contributed by atoms with E-state index in [-0.39, 0.29) is 24.2 Å². The van der Waals surface area contributed by atoms with Crippen LogP contribution in [-0.2, 0) is 27.9 Å². The summed E-state index contributed by atoms with van der Waals surface area (Å²) in [7, 11) is 5.63. The van der Waals surface area contributed by atoms with E-state index in [2.05, 4.69) is 34.8 Å². The zero-order valence-electron chi connectivity index (χ0n) is 15.7.